The number of nitrogens with one attached hydrogen (secondary N) is 2. The Morgan fingerprint density at radius 1 is 1.45 bits per heavy atom. The Bertz CT molecular complexity index is 581. The molecule has 0 aliphatic heterocycles. The maximum Gasteiger partial charge on any atom is 0.271 e. The second-order valence-corrected chi connectivity index (χ2v) is 6.90. The first-order valence-corrected chi connectivity index (χ1v) is 8.24. The summed E-state index contributed by atoms with van der Waals surface area (Å²) < 4.78 is 0. The molecular weight excluding hydrogens is 298 g/mol. The Kier molecular flexibility index (Phi) is 5.68. The van der Waals surface area contributed by atoms with Crippen LogP contribution in [0.1, 0.15) is 30.8 Å². The number of nitrogens with zero attached hydrogens (tertiary/aromatic N) is 3. The Morgan fingerprint density at radius 3 is 2.82 bits per heavy atom. The topological polar surface area (TPSA) is 73.9 Å². The number of imidazole rings is 1. The van der Waals surface area contributed by atoms with Crippen molar-refractivity contribution >= 4 is 17.2 Å². The molecule has 120 valence electrons. The second kappa shape index (κ2) is 7.51. The van der Waals surface area contributed by atoms with Crippen LogP contribution in [0.15, 0.2) is 17.8 Å². The molecule has 2 aromatic heterocycles. The van der Waals surface area contributed by atoms with Gasteiger partial charge in [-0.2, -0.15) is 0 Å². The van der Waals surface area contributed by atoms with Gasteiger partial charge in [-0.15, -0.1) is 11.3 Å². The number of H-pyrrole nitrogens is 1. The third kappa shape index (κ3) is 4.64. The van der Waals surface area contributed by atoms with Gasteiger partial charge < -0.3 is 15.2 Å². The standard InChI is InChI=1S/C15H23N5OS/c1-10(2)7-11(8-20(3)4)18-14(21)12-9-22-15(19-12)13-16-5-6-17-13/h5-6,9-11H,7-8H2,1-4H3,(H,16,17)(H,18,21)/t11-/m0/s1. The number of aromatic nitrogens is 3. The predicted molar refractivity (Wildman–Crippen MR) is 89.0 cm³/mol. The summed E-state index contributed by atoms with van der Waals surface area (Å²) in [6, 6.07) is 0.122. The fourth-order valence-corrected chi connectivity index (χ4v) is 3.07. The Hall–Kier alpha value is -1.73. The SMILES string of the molecule is CC(C)C[C@@H](CN(C)C)NC(=O)c1csc(-c2ncc[nH]2)n1. The number of hydrogen-bond acceptors (Lipinski definition) is 5. The van der Waals surface area contributed by atoms with E-state index in [1.165, 1.54) is 11.3 Å². The summed E-state index contributed by atoms with van der Waals surface area (Å²) in [4.78, 5) is 26.0. The average molecular weight is 321 g/mol. The lowest BCUT2D eigenvalue weighted by Crippen LogP contribution is -2.42. The van der Waals surface area contributed by atoms with Crippen LogP contribution in [0.5, 0.6) is 0 Å². The first-order chi connectivity index (χ1) is 10.5. The molecule has 0 radical (unpaired) electrons. The molecule has 2 aromatic rings. The highest BCUT2D eigenvalue weighted by molar-refractivity contribution is 7.13. The van der Waals surface area contributed by atoms with Crippen LogP contribution in [-0.4, -0.2) is 52.4 Å². The van der Waals surface area contributed by atoms with Crippen LogP contribution in [-0.2, 0) is 0 Å². The van der Waals surface area contributed by atoms with Gasteiger partial charge in [-0.1, -0.05) is 13.8 Å². The molecule has 1 amide bonds. The number of likely N-dealkylation sites (N-methyl/N-ethyl adjacent to an activating group) is 1. The first kappa shape index (κ1) is 16.6. The summed E-state index contributed by atoms with van der Waals surface area (Å²) in [5.74, 6) is 1.09. The van der Waals surface area contributed by atoms with Crippen LogP contribution in [0, 0.1) is 5.92 Å². The zero-order valence-electron chi connectivity index (χ0n) is 13.5. The molecule has 0 saturated carbocycles. The van der Waals surface area contributed by atoms with Crippen molar-refractivity contribution in [2.45, 2.75) is 26.3 Å². The summed E-state index contributed by atoms with van der Waals surface area (Å²) in [6.45, 7) is 5.14. The predicted octanol–water partition coefficient (Wildman–Crippen LogP) is 2.24. The minimum absolute atomic E-state index is 0.122. The fourth-order valence-electron chi connectivity index (χ4n) is 2.32. The van der Waals surface area contributed by atoms with E-state index in [1.54, 1.807) is 17.8 Å². The molecular formula is C15H23N5OS. The number of carbonyl (C=O) groups is 1. The number of hydrogen-bond donors (Lipinski definition) is 2. The lowest BCUT2D eigenvalue weighted by Gasteiger charge is -2.23. The summed E-state index contributed by atoms with van der Waals surface area (Å²) in [5, 5.41) is 5.59. The van der Waals surface area contributed by atoms with E-state index in [2.05, 4.69) is 39.0 Å². The molecule has 0 saturated heterocycles. The Labute approximate surface area is 135 Å². The highest BCUT2D eigenvalue weighted by atomic mass is 32.1. The van der Waals surface area contributed by atoms with E-state index in [4.69, 9.17) is 0 Å². The van der Waals surface area contributed by atoms with Gasteiger partial charge >= 0.3 is 0 Å². The molecule has 2 heterocycles. The number of carbonyl (C=O) groups excluding carboxylic acids is 1. The van der Waals surface area contributed by atoms with Crippen molar-refractivity contribution in [2.24, 2.45) is 5.92 Å². The normalized spacial score (nSPS) is 12.8. The monoisotopic (exact) mass is 321 g/mol. The highest BCUT2D eigenvalue weighted by Gasteiger charge is 2.18. The minimum Gasteiger partial charge on any atom is -0.347 e. The lowest BCUT2D eigenvalue weighted by atomic mass is 10.0. The minimum atomic E-state index is -0.124. The lowest BCUT2D eigenvalue weighted by molar-refractivity contribution is 0.0920. The van der Waals surface area contributed by atoms with Gasteiger partial charge in [0.15, 0.2) is 10.8 Å². The van der Waals surface area contributed by atoms with Crippen molar-refractivity contribution in [1.82, 2.24) is 25.2 Å². The number of rotatable bonds is 7. The van der Waals surface area contributed by atoms with E-state index in [1.807, 2.05) is 14.1 Å². The van der Waals surface area contributed by atoms with Gasteiger partial charge in [0.1, 0.15) is 5.69 Å². The van der Waals surface area contributed by atoms with E-state index >= 15 is 0 Å². The van der Waals surface area contributed by atoms with Crippen molar-refractivity contribution in [3.8, 4) is 10.8 Å². The van der Waals surface area contributed by atoms with Gasteiger partial charge in [0.2, 0.25) is 0 Å². The van der Waals surface area contributed by atoms with Crippen molar-refractivity contribution in [1.29, 1.82) is 0 Å². The Morgan fingerprint density at radius 2 is 2.23 bits per heavy atom. The molecule has 0 aliphatic rings. The average Bonchev–Trinajstić information content (AvgIpc) is 3.08. The van der Waals surface area contributed by atoms with Crippen LogP contribution in [0.4, 0.5) is 0 Å². The Balaban J connectivity index is 2.03. The van der Waals surface area contributed by atoms with Crippen LogP contribution in [0.3, 0.4) is 0 Å². The van der Waals surface area contributed by atoms with Gasteiger partial charge in [0.05, 0.1) is 0 Å². The van der Waals surface area contributed by atoms with Crippen LogP contribution < -0.4 is 5.32 Å². The van der Waals surface area contributed by atoms with Crippen LogP contribution in [0.2, 0.25) is 0 Å². The molecule has 0 aromatic carbocycles. The van der Waals surface area contributed by atoms with Gasteiger partial charge in [-0.3, -0.25) is 4.79 Å². The molecule has 0 aliphatic carbocycles. The third-order valence-electron chi connectivity index (χ3n) is 3.11. The molecule has 0 unspecified atom stereocenters. The van der Waals surface area contributed by atoms with E-state index < -0.39 is 0 Å². The summed E-state index contributed by atoms with van der Waals surface area (Å²) in [6.07, 6.45) is 4.36. The summed E-state index contributed by atoms with van der Waals surface area (Å²) in [7, 11) is 4.02. The number of aromatic amines is 1. The number of amides is 1. The molecule has 0 spiro atoms. The van der Waals surface area contributed by atoms with E-state index in [-0.39, 0.29) is 11.9 Å². The van der Waals surface area contributed by atoms with Crippen molar-refractivity contribution in [3.63, 3.8) is 0 Å². The maximum absolute atomic E-state index is 12.4. The zero-order chi connectivity index (χ0) is 16.1. The molecule has 22 heavy (non-hydrogen) atoms. The van der Waals surface area contributed by atoms with E-state index in [9.17, 15) is 4.79 Å². The molecule has 6 nitrogen and oxygen atoms in total. The molecule has 0 bridgehead atoms. The molecule has 2 rings (SSSR count). The third-order valence-corrected chi connectivity index (χ3v) is 3.96. The quantitative estimate of drug-likeness (QED) is 0.820. The molecule has 0 fully saturated rings. The summed E-state index contributed by atoms with van der Waals surface area (Å²) in [5.41, 5.74) is 0.448. The zero-order valence-corrected chi connectivity index (χ0v) is 14.3. The second-order valence-electron chi connectivity index (χ2n) is 6.04. The summed E-state index contributed by atoms with van der Waals surface area (Å²) >= 11 is 1.41. The van der Waals surface area contributed by atoms with Crippen LogP contribution in [0.25, 0.3) is 10.8 Å². The molecule has 7 heteroatoms. The molecule has 2 N–H and O–H groups in total. The van der Waals surface area contributed by atoms with Crippen LogP contribution >= 0.6 is 11.3 Å². The van der Waals surface area contributed by atoms with Crippen molar-refractivity contribution in [3.05, 3.63) is 23.5 Å². The van der Waals surface area contributed by atoms with E-state index in [0.717, 1.165) is 18.0 Å². The first-order valence-electron chi connectivity index (χ1n) is 7.36. The van der Waals surface area contributed by atoms with Gasteiger partial charge in [-0.05, 0) is 26.4 Å². The van der Waals surface area contributed by atoms with E-state index in [0.29, 0.717) is 17.4 Å². The van der Waals surface area contributed by atoms with Gasteiger partial charge in [-0.25, -0.2) is 9.97 Å². The largest absolute Gasteiger partial charge is 0.347 e. The smallest absolute Gasteiger partial charge is 0.271 e. The van der Waals surface area contributed by atoms with Gasteiger partial charge in [0, 0.05) is 30.4 Å². The van der Waals surface area contributed by atoms with Gasteiger partial charge in [0.25, 0.3) is 5.91 Å². The fraction of sp³-hybridized carbons (Fsp3) is 0.533. The maximum atomic E-state index is 12.4. The molecule has 1 atom stereocenters. The van der Waals surface area contributed by atoms with Crippen molar-refractivity contribution in [2.75, 3.05) is 20.6 Å². The highest BCUT2D eigenvalue weighted by Crippen LogP contribution is 2.20. The number of thiazole rings is 1. The van der Waals surface area contributed by atoms with Crippen molar-refractivity contribution < 1.29 is 4.79 Å².